The quantitative estimate of drug-likeness (QED) is 0.873. The van der Waals surface area contributed by atoms with Gasteiger partial charge in [0.25, 0.3) is 5.91 Å². The zero-order valence-corrected chi connectivity index (χ0v) is 13.7. The Morgan fingerprint density at radius 1 is 1.47 bits per heavy atom. The van der Waals surface area contributed by atoms with Crippen molar-refractivity contribution in [1.29, 1.82) is 0 Å². The highest BCUT2D eigenvalue weighted by Crippen LogP contribution is 2.22. The number of benzene rings is 1. The first-order chi connectivity index (χ1) is 8.69. The van der Waals surface area contributed by atoms with Crippen molar-refractivity contribution in [2.75, 3.05) is 6.54 Å². The van der Waals surface area contributed by atoms with E-state index in [1.807, 2.05) is 20.8 Å². The number of aliphatic hydroxyl groups is 1. The molecule has 0 radical (unpaired) electrons. The van der Waals surface area contributed by atoms with Crippen molar-refractivity contribution in [2.24, 2.45) is 5.41 Å². The molecule has 2 N–H and O–H groups in total. The van der Waals surface area contributed by atoms with Crippen LogP contribution in [-0.4, -0.2) is 23.7 Å². The van der Waals surface area contributed by atoms with Gasteiger partial charge in [0.2, 0.25) is 0 Å². The molecule has 0 heterocycles. The first-order valence-electron chi connectivity index (χ1n) is 6.10. The Bertz CT molecular complexity index is 457. The van der Waals surface area contributed by atoms with Crippen LogP contribution < -0.4 is 5.32 Å². The van der Waals surface area contributed by atoms with Crippen molar-refractivity contribution >= 4 is 33.4 Å². The van der Waals surface area contributed by atoms with Crippen LogP contribution in [-0.2, 0) is 0 Å². The number of hydrogen-bond donors (Lipinski definition) is 2. The fraction of sp³-hybridized carbons (Fsp3) is 0.500. The van der Waals surface area contributed by atoms with Crippen molar-refractivity contribution in [3.8, 4) is 0 Å². The van der Waals surface area contributed by atoms with E-state index in [-0.39, 0.29) is 17.9 Å². The predicted molar refractivity (Wildman–Crippen MR) is 81.6 cm³/mol. The average Bonchev–Trinajstić information content (AvgIpc) is 2.23. The summed E-state index contributed by atoms with van der Waals surface area (Å²) in [7, 11) is 0. The summed E-state index contributed by atoms with van der Waals surface area (Å²) in [6.07, 6.45) is 0.0877. The molecule has 5 heteroatoms. The monoisotopic (exact) mass is 347 g/mol. The van der Waals surface area contributed by atoms with Gasteiger partial charge in [-0.3, -0.25) is 4.79 Å². The van der Waals surface area contributed by atoms with E-state index in [0.29, 0.717) is 21.5 Å². The summed E-state index contributed by atoms with van der Waals surface area (Å²) in [6.45, 7) is 6.39. The molecule has 0 spiro atoms. The lowest BCUT2D eigenvalue weighted by Gasteiger charge is -2.22. The molecule has 0 saturated carbocycles. The first kappa shape index (κ1) is 16.5. The van der Waals surface area contributed by atoms with Gasteiger partial charge in [-0.05, 0) is 46.0 Å². The van der Waals surface area contributed by atoms with Crippen LogP contribution in [0.4, 0.5) is 0 Å². The highest BCUT2D eigenvalue weighted by atomic mass is 79.9. The van der Waals surface area contributed by atoms with Gasteiger partial charge in [-0.2, -0.15) is 0 Å². The Balaban J connectivity index is 2.56. The minimum absolute atomic E-state index is 0.0327. The van der Waals surface area contributed by atoms with E-state index < -0.39 is 6.10 Å². The van der Waals surface area contributed by atoms with Gasteiger partial charge in [-0.15, -0.1) is 0 Å². The van der Waals surface area contributed by atoms with E-state index in [9.17, 15) is 9.90 Å². The van der Waals surface area contributed by atoms with Crippen molar-refractivity contribution in [3.05, 3.63) is 33.3 Å². The Morgan fingerprint density at radius 3 is 2.63 bits per heavy atom. The fourth-order valence-electron chi connectivity index (χ4n) is 1.76. The minimum atomic E-state index is -0.546. The van der Waals surface area contributed by atoms with Crippen LogP contribution in [0, 0.1) is 5.41 Å². The smallest absolute Gasteiger partial charge is 0.252 e. The summed E-state index contributed by atoms with van der Waals surface area (Å²) in [5, 5.41) is 13.1. The van der Waals surface area contributed by atoms with Crippen LogP contribution in [0.15, 0.2) is 22.7 Å². The Kier molecular flexibility index (Phi) is 5.83. The summed E-state index contributed by atoms with van der Waals surface area (Å²) in [5.41, 5.74) is 0.540. The van der Waals surface area contributed by atoms with Gasteiger partial charge in [0.1, 0.15) is 0 Å². The third kappa shape index (κ3) is 5.93. The van der Waals surface area contributed by atoms with Gasteiger partial charge in [0.05, 0.1) is 11.7 Å². The molecule has 0 aliphatic rings. The van der Waals surface area contributed by atoms with Crippen molar-refractivity contribution in [3.63, 3.8) is 0 Å². The van der Waals surface area contributed by atoms with Crippen LogP contribution in [0.5, 0.6) is 0 Å². The molecule has 1 amide bonds. The molecule has 1 aromatic carbocycles. The summed E-state index contributed by atoms with van der Waals surface area (Å²) >= 11 is 9.12. The van der Waals surface area contributed by atoms with Crippen molar-refractivity contribution in [2.45, 2.75) is 33.3 Å². The lowest BCUT2D eigenvalue weighted by molar-refractivity contribution is 0.0868. The molecule has 0 saturated heterocycles. The molecule has 0 fully saturated rings. The van der Waals surface area contributed by atoms with Gasteiger partial charge in [0, 0.05) is 16.0 Å². The SMILES string of the molecule is CC(C)(C)CC(O)CNC(=O)c1ccc(Cl)cc1Br. The predicted octanol–water partition coefficient (Wildman–Crippen LogP) is 3.63. The Morgan fingerprint density at radius 2 is 2.11 bits per heavy atom. The van der Waals surface area contributed by atoms with E-state index >= 15 is 0 Å². The third-order valence-corrected chi connectivity index (χ3v) is 3.41. The molecule has 1 rings (SSSR count). The number of carbonyl (C=O) groups excluding carboxylic acids is 1. The number of carbonyl (C=O) groups is 1. The normalized spacial score (nSPS) is 13.2. The zero-order valence-electron chi connectivity index (χ0n) is 11.3. The van der Waals surface area contributed by atoms with Crippen LogP contribution in [0.2, 0.25) is 5.02 Å². The average molecular weight is 349 g/mol. The van der Waals surface area contributed by atoms with Gasteiger partial charge in [0.15, 0.2) is 0 Å². The maximum absolute atomic E-state index is 12.0. The van der Waals surface area contributed by atoms with E-state index in [2.05, 4.69) is 21.2 Å². The molecule has 3 nitrogen and oxygen atoms in total. The molecule has 1 aromatic rings. The van der Waals surface area contributed by atoms with E-state index in [1.165, 1.54) is 0 Å². The Labute approximate surface area is 127 Å². The van der Waals surface area contributed by atoms with Gasteiger partial charge >= 0.3 is 0 Å². The zero-order chi connectivity index (χ0) is 14.6. The molecular formula is C14H19BrClNO2. The fourth-order valence-corrected chi connectivity index (χ4v) is 2.62. The molecule has 0 aliphatic carbocycles. The minimum Gasteiger partial charge on any atom is -0.391 e. The highest BCUT2D eigenvalue weighted by molar-refractivity contribution is 9.10. The maximum Gasteiger partial charge on any atom is 0.252 e. The first-order valence-corrected chi connectivity index (χ1v) is 7.27. The topological polar surface area (TPSA) is 49.3 Å². The molecule has 1 unspecified atom stereocenters. The van der Waals surface area contributed by atoms with Crippen molar-refractivity contribution in [1.82, 2.24) is 5.32 Å². The highest BCUT2D eigenvalue weighted by Gasteiger charge is 2.18. The summed E-state index contributed by atoms with van der Waals surface area (Å²) in [5.74, 6) is -0.225. The summed E-state index contributed by atoms with van der Waals surface area (Å²) in [4.78, 5) is 12.0. The third-order valence-electron chi connectivity index (χ3n) is 2.52. The van der Waals surface area contributed by atoms with Crippen LogP contribution in [0.25, 0.3) is 0 Å². The molecule has 106 valence electrons. The second-order valence-electron chi connectivity index (χ2n) is 5.75. The number of aliphatic hydroxyl groups excluding tert-OH is 1. The molecule has 0 aliphatic heterocycles. The standard InChI is InChI=1S/C14H19BrClNO2/c1-14(2,3)7-10(18)8-17-13(19)11-5-4-9(16)6-12(11)15/h4-6,10,18H,7-8H2,1-3H3,(H,17,19). The number of nitrogens with one attached hydrogen (secondary N) is 1. The Hall–Kier alpha value is -0.580. The number of halogens is 2. The van der Waals surface area contributed by atoms with E-state index in [4.69, 9.17) is 11.6 Å². The summed E-state index contributed by atoms with van der Waals surface area (Å²) in [6, 6.07) is 4.98. The maximum atomic E-state index is 12.0. The van der Waals surface area contributed by atoms with Crippen LogP contribution >= 0.6 is 27.5 Å². The number of rotatable bonds is 4. The number of hydrogen-bond acceptors (Lipinski definition) is 2. The van der Waals surface area contributed by atoms with E-state index in [0.717, 1.165) is 0 Å². The largest absolute Gasteiger partial charge is 0.391 e. The second kappa shape index (κ2) is 6.73. The molecule has 0 aromatic heterocycles. The molecule has 0 bridgehead atoms. The molecule has 1 atom stereocenters. The van der Waals surface area contributed by atoms with Crippen molar-refractivity contribution < 1.29 is 9.90 Å². The van der Waals surface area contributed by atoms with Gasteiger partial charge in [-0.1, -0.05) is 32.4 Å². The lowest BCUT2D eigenvalue weighted by atomic mass is 9.89. The van der Waals surface area contributed by atoms with Gasteiger partial charge < -0.3 is 10.4 Å². The second-order valence-corrected chi connectivity index (χ2v) is 7.04. The van der Waals surface area contributed by atoms with Gasteiger partial charge in [-0.25, -0.2) is 0 Å². The van der Waals surface area contributed by atoms with E-state index in [1.54, 1.807) is 18.2 Å². The number of amides is 1. The lowest BCUT2D eigenvalue weighted by Crippen LogP contribution is -2.34. The van der Waals surface area contributed by atoms with Crippen LogP contribution in [0.3, 0.4) is 0 Å². The molecular weight excluding hydrogens is 330 g/mol. The summed E-state index contributed by atoms with van der Waals surface area (Å²) < 4.78 is 0.641. The van der Waals surface area contributed by atoms with Crippen LogP contribution in [0.1, 0.15) is 37.6 Å². The molecule has 19 heavy (non-hydrogen) atoms.